The van der Waals surface area contributed by atoms with Crippen molar-refractivity contribution in [2.24, 2.45) is 0 Å². The van der Waals surface area contributed by atoms with Gasteiger partial charge in [0.05, 0.1) is 0 Å². The van der Waals surface area contributed by atoms with Gasteiger partial charge in [0.25, 0.3) is 0 Å². The number of rotatable bonds is 3. The van der Waals surface area contributed by atoms with E-state index >= 15 is 0 Å². The van der Waals surface area contributed by atoms with Crippen LogP contribution in [-0.2, 0) is 5.41 Å². The fourth-order valence-electron chi connectivity index (χ4n) is 3.17. The standard InChI is InChI=1S/C18H30N2/c1-6-9-15-13-20(14(2)12-19-15)17-11-8-7-10-16(17)18(3,4)5/h7-8,10-11,14-15,19H,6,9,12-13H2,1-5H3. The number of benzene rings is 1. The highest BCUT2D eigenvalue weighted by Crippen LogP contribution is 2.33. The lowest BCUT2D eigenvalue weighted by Gasteiger charge is -2.42. The fraction of sp³-hybridized carbons (Fsp3) is 0.667. The molecule has 1 fully saturated rings. The summed E-state index contributed by atoms with van der Waals surface area (Å²) in [6, 6.07) is 10.1. The zero-order chi connectivity index (χ0) is 14.8. The zero-order valence-corrected chi connectivity index (χ0v) is 13.7. The molecule has 20 heavy (non-hydrogen) atoms. The molecule has 0 bridgehead atoms. The monoisotopic (exact) mass is 274 g/mol. The lowest BCUT2D eigenvalue weighted by Crippen LogP contribution is -2.56. The maximum Gasteiger partial charge on any atom is 0.0407 e. The summed E-state index contributed by atoms with van der Waals surface area (Å²) in [5, 5.41) is 3.69. The Balaban J connectivity index is 2.29. The van der Waals surface area contributed by atoms with E-state index in [4.69, 9.17) is 0 Å². The second kappa shape index (κ2) is 6.17. The summed E-state index contributed by atoms with van der Waals surface area (Å²) in [4.78, 5) is 2.61. The minimum Gasteiger partial charge on any atom is -0.366 e. The Hall–Kier alpha value is -1.02. The normalized spacial score (nSPS) is 23.9. The van der Waals surface area contributed by atoms with Gasteiger partial charge >= 0.3 is 0 Å². The van der Waals surface area contributed by atoms with E-state index in [1.54, 1.807) is 0 Å². The molecule has 0 aliphatic carbocycles. The number of anilines is 1. The third kappa shape index (κ3) is 3.35. The Labute approximate surface area is 124 Å². The molecular formula is C18H30N2. The SMILES string of the molecule is CCCC1CN(c2ccccc2C(C)(C)C)C(C)CN1. The summed E-state index contributed by atoms with van der Waals surface area (Å²) >= 11 is 0. The molecule has 1 aliphatic rings. The Bertz CT molecular complexity index is 433. The molecule has 1 aromatic rings. The molecule has 2 unspecified atom stereocenters. The van der Waals surface area contributed by atoms with E-state index in [0.29, 0.717) is 12.1 Å². The van der Waals surface area contributed by atoms with E-state index in [1.165, 1.54) is 24.1 Å². The first-order chi connectivity index (χ1) is 9.43. The predicted molar refractivity (Wildman–Crippen MR) is 88.6 cm³/mol. The van der Waals surface area contributed by atoms with Crippen LogP contribution >= 0.6 is 0 Å². The first kappa shape index (κ1) is 15.4. The molecule has 1 N–H and O–H groups in total. The van der Waals surface area contributed by atoms with Crippen LogP contribution in [0.25, 0.3) is 0 Å². The highest BCUT2D eigenvalue weighted by atomic mass is 15.2. The molecule has 2 nitrogen and oxygen atoms in total. The third-order valence-electron chi connectivity index (χ3n) is 4.31. The summed E-state index contributed by atoms with van der Waals surface area (Å²) in [5.41, 5.74) is 3.08. The minimum absolute atomic E-state index is 0.196. The minimum atomic E-state index is 0.196. The van der Waals surface area contributed by atoms with E-state index in [9.17, 15) is 0 Å². The highest BCUT2D eigenvalue weighted by Gasteiger charge is 2.28. The third-order valence-corrected chi connectivity index (χ3v) is 4.31. The van der Waals surface area contributed by atoms with E-state index < -0.39 is 0 Å². The van der Waals surface area contributed by atoms with Crippen LogP contribution in [0.1, 0.15) is 53.0 Å². The van der Waals surface area contributed by atoms with Gasteiger partial charge in [-0.3, -0.25) is 0 Å². The van der Waals surface area contributed by atoms with Gasteiger partial charge in [0.1, 0.15) is 0 Å². The van der Waals surface area contributed by atoms with Crippen molar-refractivity contribution in [2.75, 3.05) is 18.0 Å². The molecule has 1 saturated heterocycles. The Morgan fingerprint density at radius 3 is 2.60 bits per heavy atom. The molecule has 0 aromatic heterocycles. The summed E-state index contributed by atoms with van der Waals surface area (Å²) in [7, 11) is 0. The average molecular weight is 274 g/mol. The predicted octanol–water partition coefficient (Wildman–Crippen LogP) is 3.95. The van der Waals surface area contributed by atoms with Crippen molar-refractivity contribution >= 4 is 5.69 Å². The first-order valence-electron chi connectivity index (χ1n) is 8.03. The van der Waals surface area contributed by atoms with Crippen LogP contribution in [-0.4, -0.2) is 25.2 Å². The topological polar surface area (TPSA) is 15.3 Å². The Morgan fingerprint density at radius 2 is 1.95 bits per heavy atom. The van der Waals surface area contributed by atoms with E-state index in [-0.39, 0.29) is 5.41 Å². The second-order valence-corrected chi connectivity index (χ2v) is 7.16. The van der Waals surface area contributed by atoms with Crippen LogP contribution in [0.4, 0.5) is 5.69 Å². The number of nitrogens with zero attached hydrogens (tertiary/aromatic N) is 1. The van der Waals surface area contributed by atoms with Gasteiger partial charge in [0.2, 0.25) is 0 Å². The average Bonchev–Trinajstić information content (AvgIpc) is 2.40. The van der Waals surface area contributed by atoms with Crippen molar-refractivity contribution in [2.45, 2.75) is 65.0 Å². The smallest absolute Gasteiger partial charge is 0.0407 e. The Kier molecular flexibility index (Phi) is 4.74. The number of para-hydroxylation sites is 1. The molecule has 1 aromatic carbocycles. The largest absolute Gasteiger partial charge is 0.366 e. The molecule has 2 rings (SSSR count). The van der Waals surface area contributed by atoms with Crippen molar-refractivity contribution in [3.63, 3.8) is 0 Å². The molecule has 0 spiro atoms. The van der Waals surface area contributed by atoms with E-state index in [0.717, 1.165) is 13.1 Å². The van der Waals surface area contributed by atoms with E-state index in [1.807, 2.05) is 0 Å². The maximum absolute atomic E-state index is 3.69. The number of hydrogen-bond donors (Lipinski definition) is 1. The number of piperazine rings is 1. The molecule has 1 aliphatic heterocycles. The molecular weight excluding hydrogens is 244 g/mol. The van der Waals surface area contributed by atoms with Crippen LogP contribution in [0.3, 0.4) is 0 Å². The molecule has 0 saturated carbocycles. The van der Waals surface area contributed by atoms with Crippen LogP contribution in [0, 0.1) is 0 Å². The molecule has 112 valence electrons. The van der Waals surface area contributed by atoms with Crippen molar-refractivity contribution in [3.8, 4) is 0 Å². The first-order valence-corrected chi connectivity index (χ1v) is 8.03. The van der Waals surface area contributed by atoms with Crippen molar-refractivity contribution < 1.29 is 0 Å². The molecule has 2 atom stereocenters. The number of nitrogens with one attached hydrogen (secondary N) is 1. The lowest BCUT2D eigenvalue weighted by atomic mass is 9.85. The van der Waals surface area contributed by atoms with Gasteiger partial charge in [0.15, 0.2) is 0 Å². The molecule has 0 amide bonds. The van der Waals surface area contributed by atoms with Crippen molar-refractivity contribution in [3.05, 3.63) is 29.8 Å². The summed E-state index contributed by atoms with van der Waals surface area (Å²) < 4.78 is 0. The molecule has 1 heterocycles. The van der Waals surface area contributed by atoms with Gasteiger partial charge in [-0.05, 0) is 30.4 Å². The fourth-order valence-corrected chi connectivity index (χ4v) is 3.17. The summed E-state index contributed by atoms with van der Waals surface area (Å²) in [5.74, 6) is 0. The van der Waals surface area contributed by atoms with Gasteiger partial charge in [-0.25, -0.2) is 0 Å². The highest BCUT2D eigenvalue weighted by molar-refractivity contribution is 5.57. The van der Waals surface area contributed by atoms with Crippen LogP contribution in [0.5, 0.6) is 0 Å². The van der Waals surface area contributed by atoms with Gasteiger partial charge < -0.3 is 10.2 Å². The lowest BCUT2D eigenvalue weighted by molar-refractivity contribution is 0.384. The van der Waals surface area contributed by atoms with Crippen molar-refractivity contribution in [1.29, 1.82) is 0 Å². The van der Waals surface area contributed by atoms with Gasteiger partial charge in [0, 0.05) is 30.9 Å². The summed E-state index contributed by atoms with van der Waals surface area (Å²) in [6.07, 6.45) is 2.52. The zero-order valence-electron chi connectivity index (χ0n) is 13.7. The van der Waals surface area contributed by atoms with Gasteiger partial charge in [-0.15, -0.1) is 0 Å². The van der Waals surface area contributed by atoms with Crippen molar-refractivity contribution in [1.82, 2.24) is 5.32 Å². The van der Waals surface area contributed by atoms with Gasteiger partial charge in [-0.1, -0.05) is 52.3 Å². The van der Waals surface area contributed by atoms with E-state index in [2.05, 4.69) is 69.1 Å². The van der Waals surface area contributed by atoms with Crippen LogP contribution in [0.15, 0.2) is 24.3 Å². The maximum atomic E-state index is 3.69. The van der Waals surface area contributed by atoms with Gasteiger partial charge in [-0.2, -0.15) is 0 Å². The van der Waals surface area contributed by atoms with Crippen LogP contribution < -0.4 is 10.2 Å². The van der Waals surface area contributed by atoms with Crippen LogP contribution in [0.2, 0.25) is 0 Å². The second-order valence-electron chi connectivity index (χ2n) is 7.16. The Morgan fingerprint density at radius 1 is 1.25 bits per heavy atom. The summed E-state index contributed by atoms with van der Waals surface area (Å²) in [6.45, 7) is 13.7. The molecule has 0 radical (unpaired) electrons. The quantitative estimate of drug-likeness (QED) is 0.898. The number of hydrogen-bond acceptors (Lipinski definition) is 2. The molecule has 2 heteroatoms.